The second-order valence-corrected chi connectivity index (χ2v) is 14.0. The Morgan fingerprint density at radius 1 is 0.521 bits per heavy atom. The molecule has 3 aromatic carbocycles. The first kappa shape index (κ1) is 39.4. The monoisotopic (exact) mass is 655 g/mol. The molecular formula is C45H66O3. The fourth-order valence-electron chi connectivity index (χ4n) is 6.74. The van der Waals surface area contributed by atoms with Crippen molar-refractivity contribution in [3.05, 3.63) is 101 Å². The number of unbranched alkanes of at least 4 members (excludes halogenated alkanes) is 19. The molecule has 3 heteroatoms. The van der Waals surface area contributed by atoms with Gasteiger partial charge < -0.3 is 9.84 Å². The summed E-state index contributed by atoms with van der Waals surface area (Å²) in [7, 11) is 0. The van der Waals surface area contributed by atoms with Crippen LogP contribution in [0.5, 0.6) is 5.75 Å². The van der Waals surface area contributed by atoms with Gasteiger partial charge in [-0.15, -0.1) is 0 Å². The number of carbonyl (C=O) groups excluding carboxylic acids is 1. The van der Waals surface area contributed by atoms with Crippen LogP contribution in [0.3, 0.4) is 0 Å². The van der Waals surface area contributed by atoms with Gasteiger partial charge in [0.15, 0.2) is 0 Å². The minimum atomic E-state index is -0.130. The molecule has 264 valence electrons. The van der Waals surface area contributed by atoms with Gasteiger partial charge in [-0.2, -0.15) is 0 Å². The third-order valence-electron chi connectivity index (χ3n) is 9.68. The highest BCUT2D eigenvalue weighted by Gasteiger charge is 2.13. The van der Waals surface area contributed by atoms with Crippen molar-refractivity contribution >= 4 is 5.97 Å². The van der Waals surface area contributed by atoms with Gasteiger partial charge >= 0.3 is 5.97 Å². The second kappa shape index (κ2) is 25.9. The van der Waals surface area contributed by atoms with Gasteiger partial charge in [0, 0.05) is 19.3 Å². The lowest BCUT2D eigenvalue weighted by molar-refractivity contribution is -0.143. The Morgan fingerprint density at radius 3 is 1.29 bits per heavy atom. The lowest BCUT2D eigenvalue weighted by Crippen LogP contribution is -2.07. The number of aromatic hydroxyl groups is 1. The summed E-state index contributed by atoms with van der Waals surface area (Å²) in [5, 5.41) is 11.2. The fraction of sp³-hybridized carbons (Fsp3) is 0.578. The molecule has 0 bridgehead atoms. The highest BCUT2D eigenvalue weighted by atomic mass is 16.5. The average molecular weight is 655 g/mol. The molecule has 0 aliphatic carbocycles. The third-order valence-corrected chi connectivity index (χ3v) is 9.68. The Balaban J connectivity index is 1.21. The van der Waals surface area contributed by atoms with E-state index in [1.54, 1.807) is 0 Å². The molecule has 0 saturated heterocycles. The van der Waals surface area contributed by atoms with Crippen LogP contribution in [-0.2, 0) is 28.8 Å². The number of ether oxygens (including phenoxy) is 1. The molecule has 0 aliphatic heterocycles. The molecule has 0 atom stereocenters. The standard InChI is InChI=1S/C45H66O3/c1-2-3-4-5-6-7-8-9-10-11-12-13-14-15-16-17-18-19-20-27-34-48-44(46)33-32-41-37-42(35-39-28-23-21-24-29-39)45(47)43(38-41)36-40-30-25-22-26-31-40/h21-26,28-31,37-38,47H,2-20,27,32-36H2,1H3. The summed E-state index contributed by atoms with van der Waals surface area (Å²) in [4.78, 5) is 12.6. The van der Waals surface area contributed by atoms with Crippen LogP contribution < -0.4 is 0 Å². The molecular weight excluding hydrogens is 588 g/mol. The number of benzene rings is 3. The number of carbonyl (C=O) groups is 1. The van der Waals surface area contributed by atoms with Gasteiger partial charge in [0.1, 0.15) is 5.75 Å². The van der Waals surface area contributed by atoms with Gasteiger partial charge in [-0.3, -0.25) is 4.79 Å². The normalized spacial score (nSPS) is 11.2. The van der Waals surface area contributed by atoms with Crippen molar-refractivity contribution in [2.45, 2.75) is 161 Å². The predicted octanol–water partition coefficient (Wildman–Crippen LogP) is 12.9. The van der Waals surface area contributed by atoms with Crippen LogP contribution in [0.1, 0.15) is 170 Å². The molecule has 0 aromatic heterocycles. The average Bonchev–Trinajstić information content (AvgIpc) is 3.10. The van der Waals surface area contributed by atoms with E-state index in [1.165, 1.54) is 116 Å². The van der Waals surface area contributed by atoms with Crippen LogP contribution in [0.15, 0.2) is 72.8 Å². The van der Waals surface area contributed by atoms with E-state index in [-0.39, 0.29) is 5.97 Å². The van der Waals surface area contributed by atoms with Crippen molar-refractivity contribution in [2.24, 2.45) is 0 Å². The molecule has 0 amide bonds. The van der Waals surface area contributed by atoms with Crippen molar-refractivity contribution in [1.82, 2.24) is 0 Å². The summed E-state index contributed by atoms with van der Waals surface area (Å²) < 4.78 is 5.59. The number of esters is 1. The van der Waals surface area contributed by atoms with E-state index in [4.69, 9.17) is 4.74 Å². The van der Waals surface area contributed by atoms with Crippen molar-refractivity contribution in [3.63, 3.8) is 0 Å². The van der Waals surface area contributed by atoms with Gasteiger partial charge in [-0.05, 0) is 40.7 Å². The van der Waals surface area contributed by atoms with Crippen molar-refractivity contribution in [2.75, 3.05) is 6.61 Å². The minimum Gasteiger partial charge on any atom is -0.507 e. The van der Waals surface area contributed by atoms with Crippen LogP contribution in [0.4, 0.5) is 0 Å². The quantitative estimate of drug-likeness (QED) is 0.0626. The molecule has 3 rings (SSSR count). The highest BCUT2D eigenvalue weighted by molar-refractivity contribution is 5.69. The van der Waals surface area contributed by atoms with Gasteiger partial charge in [0.2, 0.25) is 0 Å². The zero-order valence-corrected chi connectivity index (χ0v) is 30.4. The Kier molecular flexibility index (Phi) is 21.2. The number of aryl methyl sites for hydroxylation is 1. The molecule has 0 radical (unpaired) electrons. The van der Waals surface area contributed by atoms with Crippen LogP contribution in [-0.4, -0.2) is 17.7 Å². The molecule has 0 fully saturated rings. The van der Waals surface area contributed by atoms with Crippen LogP contribution in [0.25, 0.3) is 0 Å². The molecule has 3 aromatic rings. The smallest absolute Gasteiger partial charge is 0.306 e. The molecule has 0 spiro atoms. The van der Waals surface area contributed by atoms with E-state index in [0.29, 0.717) is 38.0 Å². The first-order chi connectivity index (χ1) is 23.7. The predicted molar refractivity (Wildman–Crippen MR) is 204 cm³/mol. The topological polar surface area (TPSA) is 46.5 Å². The first-order valence-corrected chi connectivity index (χ1v) is 19.7. The molecule has 0 saturated carbocycles. The maximum Gasteiger partial charge on any atom is 0.306 e. The first-order valence-electron chi connectivity index (χ1n) is 19.7. The number of hydrogen-bond acceptors (Lipinski definition) is 3. The van der Waals surface area contributed by atoms with E-state index >= 15 is 0 Å². The molecule has 0 aliphatic rings. The van der Waals surface area contributed by atoms with E-state index in [1.807, 2.05) is 36.4 Å². The van der Waals surface area contributed by atoms with Crippen LogP contribution in [0, 0.1) is 0 Å². The molecule has 0 heterocycles. The summed E-state index contributed by atoms with van der Waals surface area (Å²) in [6.45, 7) is 2.81. The summed E-state index contributed by atoms with van der Waals surface area (Å²) in [6.07, 6.45) is 29.5. The Hall–Kier alpha value is -3.07. The van der Waals surface area contributed by atoms with E-state index < -0.39 is 0 Å². The number of phenolic OH excluding ortho intramolecular Hbond substituents is 1. The van der Waals surface area contributed by atoms with Crippen LogP contribution in [0.2, 0.25) is 0 Å². The van der Waals surface area contributed by atoms with E-state index in [9.17, 15) is 9.90 Å². The maximum atomic E-state index is 12.6. The maximum absolute atomic E-state index is 12.6. The third kappa shape index (κ3) is 17.9. The SMILES string of the molecule is CCCCCCCCCCCCCCCCCCCCCCOC(=O)CCc1cc(Cc2ccccc2)c(O)c(Cc2ccccc2)c1. The Morgan fingerprint density at radius 2 is 0.896 bits per heavy atom. The summed E-state index contributed by atoms with van der Waals surface area (Å²) >= 11 is 0. The summed E-state index contributed by atoms with van der Waals surface area (Å²) in [6, 6.07) is 24.6. The number of phenols is 1. The number of hydrogen-bond donors (Lipinski definition) is 1. The van der Waals surface area contributed by atoms with E-state index in [2.05, 4.69) is 43.3 Å². The van der Waals surface area contributed by atoms with Gasteiger partial charge in [-0.25, -0.2) is 0 Å². The van der Waals surface area contributed by atoms with Crippen molar-refractivity contribution < 1.29 is 14.6 Å². The largest absolute Gasteiger partial charge is 0.507 e. The molecule has 48 heavy (non-hydrogen) atoms. The molecule has 0 unspecified atom stereocenters. The lowest BCUT2D eigenvalue weighted by Gasteiger charge is -2.14. The number of rotatable bonds is 28. The van der Waals surface area contributed by atoms with Crippen LogP contribution >= 0.6 is 0 Å². The Bertz CT molecular complexity index is 1160. The van der Waals surface area contributed by atoms with Crippen molar-refractivity contribution in [3.8, 4) is 5.75 Å². The molecule has 3 nitrogen and oxygen atoms in total. The minimum absolute atomic E-state index is 0.130. The Labute approximate surface area is 293 Å². The van der Waals surface area contributed by atoms with E-state index in [0.717, 1.165) is 40.7 Å². The van der Waals surface area contributed by atoms with Gasteiger partial charge in [-0.1, -0.05) is 202 Å². The van der Waals surface area contributed by atoms with Crippen molar-refractivity contribution in [1.29, 1.82) is 0 Å². The second-order valence-electron chi connectivity index (χ2n) is 14.0. The fourth-order valence-corrected chi connectivity index (χ4v) is 6.74. The highest BCUT2D eigenvalue weighted by Crippen LogP contribution is 2.30. The zero-order valence-electron chi connectivity index (χ0n) is 30.4. The van der Waals surface area contributed by atoms with Gasteiger partial charge in [0.25, 0.3) is 0 Å². The summed E-state index contributed by atoms with van der Waals surface area (Å²) in [5.74, 6) is 0.226. The summed E-state index contributed by atoms with van der Waals surface area (Å²) in [5.41, 5.74) is 5.19. The van der Waals surface area contributed by atoms with Gasteiger partial charge in [0.05, 0.1) is 6.61 Å². The lowest BCUT2D eigenvalue weighted by atomic mass is 9.93. The molecule has 1 N–H and O–H groups in total. The zero-order chi connectivity index (χ0) is 33.9.